The summed E-state index contributed by atoms with van der Waals surface area (Å²) in [6, 6.07) is 7.54. The lowest BCUT2D eigenvalue weighted by Crippen LogP contribution is -2.41. The molecule has 0 bridgehead atoms. The van der Waals surface area contributed by atoms with Gasteiger partial charge in [0.1, 0.15) is 18.0 Å². The molecule has 0 saturated carbocycles. The lowest BCUT2D eigenvalue weighted by molar-refractivity contribution is -0.169. The van der Waals surface area contributed by atoms with Crippen LogP contribution in [-0.2, 0) is 30.3 Å². The summed E-state index contributed by atoms with van der Waals surface area (Å²) in [5.74, 6) is -0.613. The van der Waals surface area contributed by atoms with Crippen LogP contribution in [0.1, 0.15) is 19.4 Å². The molecule has 24 heavy (non-hydrogen) atoms. The van der Waals surface area contributed by atoms with Gasteiger partial charge in [0.15, 0.2) is 11.9 Å². The van der Waals surface area contributed by atoms with Gasteiger partial charge < -0.3 is 23.7 Å². The van der Waals surface area contributed by atoms with Gasteiger partial charge in [-0.2, -0.15) is 0 Å². The number of rotatable bonds is 7. The Bertz CT molecular complexity index is 565. The topological polar surface area (TPSA) is 63.2 Å². The van der Waals surface area contributed by atoms with Crippen LogP contribution < -0.4 is 4.74 Å². The lowest BCUT2D eigenvalue weighted by Gasteiger charge is -2.23. The third kappa shape index (κ3) is 4.35. The molecule has 132 valence electrons. The number of hydrogen-bond acceptors (Lipinski definition) is 6. The van der Waals surface area contributed by atoms with Crippen molar-refractivity contribution in [3.8, 4) is 5.75 Å². The second kappa shape index (κ2) is 7.79. The van der Waals surface area contributed by atoms with Crippen molar-refractivity contribution >= 4 is 5.97 Å². The van der Waals surface area contributed by atoms with Crippen molar-refractivity contribution in [2.75, 3.05) is 14.2 Å². The Morgan fingerprint density at radius 3 is 2.50 bits per heavy atom. The molecule has 0 amide bonds. The molecule has 1 aliphatic heterocycles. The van der Waals surface area contributed by atoms with E-state index in [-0.39, 0.29) is 0 Å². The highest BCUT2D eigenvalue weighted by Crippen LogP contribution is 2.32. The van der Waals surface area contributed by atoms with Gasteiger partial charge >= 0.3 is 5.97 Å². The second-order valence-electron chi connectivity index (χ2n) is 5.90. The van der Waals surface area contributed by atoms with E-state index in [1.165, 1.54) is 7.11 Å². The molecular weight excluding hydrogens is 312 g/mol. The summed E-state index contributed by atoms with van der Waals surface area (Å²) < 4.78 is 27.3. The Labute approximate surface area is 142 Å². The smallest absolute Gasteiger partial charge is 0.337 e. The van der Waals surface area contributed by atoms with E-state index in [1.807, 2.05) is 24.3 Å². The quantitative estimate of drug-likeness (QED) is 0.563. The molecular formula is C18H24O6. The maximum atomic E-state index is 11.9. The SMILES string of the molecule is C=C[C@@H](OCc1ccc(OC)cc1)[C@@H]1OC(C)(C)O[C@@H]1C(=O)OC. The maximum absolute atomic E-state index is 11.9. The van der Waals surface area contributed by atoms with Crippen molar-refractivity contribution in [3.63, 3.8) is 0 Å². The molecule has 0 spiro atoms. The number of hydrogen-bond donors (Lipinski definition) is 0. The Hall–Kier alpha value is -1.89. The van der Waals surface area contributed by atoms with E-state index in [0.717, 1.165) is 11.3 Å². The van der Waals surface area contributed by atoms with E-state index in [0.29, 0.717) is 6.61 Å². The van der Waals surface area contributed by atoms with Crippen molar-refractivity contribution in [2.24, 2.45) is 0 Å². The van der Waals surface area contributed by atoms with Gasteiger partial charge in [-0.1, -0.05) is 18.2 Å². The summed E-state index contributed by atoms with van der Waals surface area (Å²) in [5.41, 5.74) is 0.968. The molecule has 0 aliphatic carbocycles. The molecule has 1 saturated heterocycles. The van der Waals surface area contributed by atoms with Gasteiger partial charge in [-0.25, -0.2) is 4.79 Å². The minimum atomic E-state index is -0.895. The van der Waals surface area contributed by atoms with Crippen molar-refractivity contribution in [1.29, 1.82) is 0 Å². The molecule has 1 heterocycles. The van der Waals surface area contributed by atoms with Crippen LogP contribution in [0.4, 0.5) is 0 Å². The van der Waals surface area contributed by atoms with Gasteiger partial charge in [-0.05, 0) is 31.5 Å². The zero-order valence-electron chi connectivity index (χ0n) is 14.5. The summed E-state index contributed by atoms with van der Waals surface area (Å²) in [6.45, 7) is 7.61. The Morgan fingerprint density at radius 2 is 1.96 bits per heavy atom. The van der Waals surface area contributed by atoms with Crippen LogP contribution in [0, 0.1) is 0 Å². The average molecular weight is 336 g/mol. The van der Waals surface area contributed by atoms with Gasteiger partial charge in [0.2, 0.25) is 0 Å². The molecule has 0 unspecified atom stereocenters. The molecule has 2 rings (SSSR count). The Balaban J connectivity index is 2.05. The standard InChI is InChI=1S/C18H24O6/c1-6-14(22-11-12-7-9-13(20-4)10-8-12)15-16(17(19)21-5)24-18(2,3)23-15/h6-10,14-16H,1,11H2,2-5H3/t14-,15+,16+/m1/s1. The second-order valence-corrected chi connectivity index (χ2v) is 5.90. The molecule has 6 nitrogen and oxygen atoms in total. The van der Waals surface area contributed by atoms with Gasteiger partial charge in [0.05, 0.1) is 20.8 Å². The number of esters is 1. The van der Waals surface area contributed by atoms with Crippen LogP contribution in [-0.4, -0.2) is 44.3 Å². The molecule has 0 aromatic heterocycles. The Kier molecular flexibility index (Phi) is 5.99. The number of benzene rings is 1. The van der Waals surface area contributed by atoms with Crippen LogP contribution in [0.15, 0.2) is 36.9 Å². The first kappa shape index (κ1) is 18.4. The fourth-order valence-electron chi connectivity index (χ4n) is 2.54. The van der Waals surface area contributed by atoms with E-state index in [4.69, 9.17) is 23.7 Å². The van der Waals surface area contributed by atoms with Gasteiger partial charge in [0, 0.05) is 0 Å². The highest BCUT2D eigenvalue weighted by atomic mass is 16.8. The number of carbonyl (C=O) groups excluding carboxylic acids is 1. The molecule has 1 aromatic carbocycles. The van der Waals surface area contributed by atoms with Crippen molar-refractivity contribution in [2.45, 2.75) is 44.6 Å². The molecule has 3 atom stereocenters. The maximum Gasteiger partial charge on any atom is 0.337 e. The molecule has 1 aliphatic rings. The minimum Gasteiger partial charge on any atom is -0.497 e. The fourth-order valence-corrected chi connectivity index (χ4v) is 2.54. The van der Waals surface area contributed by atoms with E-state index < -0.39 is 30.1 Å². The molecule has 1 fully saturated rings. The van der Waals surface area contributed by atoms with E-state index in [2.05, 4.69) is 6.58 Å². The minimum absolute atomic E-state index is 0.342. The van der Waals surface area contributed by atoms with Crippen molar-refractivity contribution in [3.05, 3.63) is 42.5 Å². The summed E-state index contributed by atoms with van der Waals surface area (Å²) in [5, 5.41) is 0. The molecule has 0 radical (unpaired) electrons. The van der Waals surface area contributed by atoms with Crippen molar-refractivity contribution < 1.29 is 28.5 Å². The summed E-state index contributed by atoms with van der Waals surface area (Å²) in [4.78, 5) is 11.9. The normalized spacial score (nSPS) is 23.5. The predicted molar refractivity (Wildman–Crippen MR) is 87.6 cm³/mol. The monoisotopic (exact) mass is 336 g/mol. The zero-order valence-corrected chi connectivity index (χ0v) is 14.5. The number of methoxy groups -OCH3 is 2. The third-order valence-electron chi connectivity index (χ3n) is 3.72. The largest absolute Gasteiger partial charge is 0.497 e. The van der Waals surface area contributed by atoms with Crippen LogP contribution >= 0.6 is 0 Å². The average Bonchev–Trinajstić information content (AvgIpc) is 2.91. The highest BCUT2D eigenvalue weighted by molar-refractivity contribution is 5.75. The summed E-state index contributed by atoms with van der Waals surface area (Å²) in [7, 11) is 2.93. The van der Waals surface area contributed by atoms with Gasteiger partial charge in [-0.3, -0.25) is 0 Å². The van der Waals surface area contributed by atoms with Crippen LogP contribution in [0.2, 0.25) is 0 Å². The van der Waals surface area contributed by atoms with E-state index in [9.17, 15) is 4.79 Å². The van der Waals surface area contributed by atoms with Gasteiger partial charge in [-0.15, -0.1) is 6.58 Å². The van der Waals surface area contributed by atoms with Crippen molar-refractivity contribution in [1.82, 2.24) is 0 Å². The zero-order chi connectivity index (χ0) is 17.7. The lowest BCUT2D eigenvalue weighted by atomic mass is 10.1. The summed E-state index contributed by atoms with van der Waals surface area (Å²) >= 11 is 0. The van der Waals surface area contributed by atoms with Crippen LogP contribution in [0.25, 0.3) is 0 Å². The number of ether oxygens (including phenoxy) is 5. The first-order valence-corrected chi connectivity index (χ1v) is 7.70. The highest BCUT2D eigenvalue weighted by Gasteiger charge is 2.49. The van der Waals surface area contributed by atoms with E-state index in [1.54, 1.807) is 27.0 Å². The van der Waals surface area contributed by atoms with Crippen LogP contribution in [0.3, 0.4) is 0 Å². The fraction of sp³-hybridized carbons (Fsp3) is 0.500. The molecule has 1 aromatic rings. The van der Waals surface area contributed by atoms with Gasteiger partial charge in [0.25, 0.3) is 0 Å². The molecule has 6 heteroatoms. The van der Waals surface area contributed by atoms with Crippen LogP contribution in [0.5, 0.6) is 5.75 Å². The predicted octanol–water partition coefficient (Wildman–Crippen LogP) is 2.46. The summed E-state index contributed by atoms with van der Waals surface area (Å²) in [6.07, 6.45) is -0.389. The number of carbonyl (C=O) groups is 1. The Morgan fingerprint density at radius 1 is 1.29 bits per heavy atom. The first-order chi connectivity index (χ1) is 11.4. The van der Waals surface area contributed by atoms with E-state index >= 15 is 0 Å². The first-order valence-electron chi connectivity index (χ1n) is 7.70. The third-order valence-corrected chi connectivity index (χ3v) is 3.72. The molecule has 0 N–H and O–H groups in total.